The fourth-order valence-corrected chi connectivity index (χ4v) is 8.70. The van der Waals surface area contributed by atoms with Gasteiger partial charge in [0.2, 0.25) is 0 Å². The van der Waals surface area contributed by atoms with Gasteiger partial charge in [0.1, 0.15) is 11.5 Å². The maximum Gasteiger partial charge on any atom is 0.164 e. The molecule has 0 saturated heterocycles. The highest BCUT2D eigenvalue weighted by atomic mass is 16.5. The molecule has 0 fully saturated rings. The number of ether oxygens (including phenoxy) is 1. The zero-order valence-electron chi connectivity index (χ0n) is 29.1. The largest absolute Gasteiger partial charge is 0.457 e. The second-order valence-electron chi connectivity index (χ2n) is 13.9. The van der Waals surface area contributed by atoms with Crippen LogP contribution in [0.15, 0.2) is 188 Å². The fourth-order valence-electron chi connectivity index (χ4n) is 8.70. The molecule has 0 unspecified atom stereocenters. The van der Waals surface area contributed by atoms with Crippen LogP contribution < -0.4 is 4.74 Å². The minimum Gasteiger partial charge on any atom is -0.457 e. The monoisotopic (exact) mass is 689 g/mol. The van der Waals surface area contributed by atoms with Crippen LogP contribution in [0.4, 0.5) is 0 Å². The number of nitrogens with zero attached hydrogens (tertiary/aromatic N) is 3. The highest BCUT2D eigenvalue weighted by Crippen LogP contribution is 2.63. The van der Waals surface area contributed by atoms with E-state index >= 15 is 0 Å². The minimum atomic E-state index is -0.588. The molecule has 0 radical (unpaired) electrons. The zero-order valence-corrected chi connectivity index (χ0v) is 29.1. The quantitative estimate of drug-likeness (QED) is 0.185. The van der Waals surface area contributed by atoms with Crippen molar-refractivity contribution in [2.75, 3.05) is 0 Å². The second-order valence-corrected chi connectivity index (χ2v) is 13.9. The Morgan fingerprint density at radius 2 is 0.833 bits per heavy atom. The third-order valence-corrected chi connectivity index (χ3v) is 11.0. The second kappa shape index (κ2) is 11.9. The molecule has 252 valence electrons. The molecule has 1 aromatic heterocycles. The Bertz CT molecular complexity index is 2870. The van der Waals surface area contributed by atoms with E-state index in [1.807, 2.05) is 18.2 Å². The molecule has 2 aliphatic rings. The lowest BCUT2D eigenvalue weighted by Crippen LogP contribution is -2.32. The molecule has 0 bridgehead atoms. The van der Waals surface area contributed by atoms with Crippen molar-refractivity contribution in [3.63, 3.8) is 0 Å². The maximum absolute atomic E-state index is 6.58. The van der Waals surface area contributed by atoms with Crippen molar-refractivity contribution in [3.8, 4) is 67.9 Å². The highest BCUT2D eigenvalue weighted by Gasteiger charge is 2.51. The van der Waals surface area contributed by atoms with Gasteiger partial charge in [-0.3, -0.25) is 0 Å². The number of fused-ring (bicyclic) bond motifs is 10. The van der Waals surface area contributed by atoms with Crippen molar-refractivity contribution in [1.29, 1.82) is 0 Å². The van der Waals surface area contributed by atoms with Gasteiger partial charge in [0.15, 0.2) is 17.5 Å². The molecule has 1 aliphatic heterocycles. The molecule has 1 spiro atoms. The summed E-state index contributed by atoms with van der Waals surface area (Å²) in [5, 5.41) is 2.24. The van der Waals surface area contributed by atoms with E-state index in [0.29, 0.717) is 17.5 Å². The van der Waals surface area contributed by atoms with Crippen LogP contribution in [0.2, 0.25) is 0 Å². The molecule has 0 N–H and O–H groups in total. The van der Waals surface area contributed by atoms with Gasteiger partial charge in [-0.1, -0.05) is 176 Å². The summed E-state index contributed by atoms with van der Waals surface area (Å²) in [5.74, 6) is 3.63. The third kappa shape index (κ3) is 4.47. The van der Waals surface area contributed by atoms with E-state index < -0.39 is 5.41 Å². The number of benzene rings is 8. The average molecular weight is 690 g/mol. The van der Waals surface area contributed by atoms with Gasteiger partial charge in [-0.2, -0.15) is 0 Å². The van der Waals surface area contributed by atoms with Crippen molar-refractivity contribution in [3.05, 3.63) is 210 Å². The molecule has 11 rings (SSSR count). The number of rotatable bonds is 4. The number of para-hydroxylation sites is 2. The number of hydrogen-bond acceptors (Lipinski definition) is 4. The lowest BCUT2D eigenvalue weighted by Gasteiger charge is -2.39. The first-order valence-electron chi connectivity index (χ1n) is 18.3. The molecule has 8 aromatic carbocycles. The fraction of sp³-hybridized carbons (Fsp3) is 0.0200. The summed E-state index contributed by atoms with van der Waals surface area (Å²) in [7, 11) is 0. The Hall–Kier alpha value is -7.17. The predicted octanol–water partition coefficient (Wildman–Crippen LogP) is 12.2. The van der Waals surface area contributed by atoms with Crippen LogP contribution in [-0.2, 0) is 5.41 Å². The molecule has 1 aliphatic carbocycles. The Labute approximate surface area is 313 Å². The third-order valence-electron chi connectivity index (χ3n) is 11.0. The summed E-state index contributed by atoms with van der Waals surface area (Å²) in [6, 6.07) is 66.0. The standard InChI is InChI=1S/C50H31N3O/c1-2-14-32(15-3-1)33-28-30-35(31-29-33)47-51-48(37-20-12-17-34-16-4-5-18-36(34)37)53-49(52-47)39-21-13-25-43-46(39)38-19-6-7-22-40(38)50(43)41-23-8-10-26-44(41)54-45-27-11-9-24-42(45)50/h1-31H. The summed E-state index contributed by atoms with van der Waals surface area (Å²) in [6.07, 6.45) is 0. The first-order valence-corrected chi connectivity index (χ1v) is 18.3. The molecule has 54 heavy (non-hydrogen) atoms. The first kappa shape index (κ1) is 30.5. The van der Waals surface area contributed by atoms with E-state index in [0.717, 1.165) is 66.8 Å². The SMILES string of the molecule is c1ccc(-c2ccc(-c3nc(-c4cccc5c4-c4ccccc4C54c5ccccc5Oc5ccccc54)nc(-c4cccc5ccccc45)n3)cc2)cc1. The van der Waals surface area contributed by atoms with E-state index in [-0.39, 0.29) is 0 Å². The van der Waals surface area contributed by atoms with Crippen LogP contribution in [0.3, 0.4) is 0 Å². The van der Waals surface area contributed by atoms with Gasteiger partial charge in [0.05, 0.1) is 5.41 Å². The molecule has 0 atom stereocenters. The van der Waals surface area contributed by atoms with Crippen LogP contribution in [0.5, 0.6) is 11.5 Å². The van der Waals surface area contributed by atoms with Crippen molar-refractivity contribution in [1.82, 2.24) is 15.0 Å². The number of hydrogen-bond donors (Lipinski definition) is 0. The lowest BCUT2D eigenvalue weighted by atomic mass is 9.66. The van der Waals surface area contributed by atoms with Gasteiger partial charge >= 0.3 is 0 Å². The predicted molar refractivity (Wildman–Crippen MR) is 216 cm³/mol. The summed E-state index contributed by atoms with van der Waals surface area (Å²) in [5.41, 5.74) is 11.5. The first-order chi connectivity index (χ1) is 26.8. The van der Waals surface area contributed by atoms with Crippen molar-refractivity contribution in [2.45, 2.75) is 5.41 Å². The van der Waals surface area contributed by atoms with E-state index in [4.69, 9.17) is 19.7 Å². The summed E-state index contributed by atoms with van der Waals surface area (Å²) in [6.45, 7) is 0. The van der Waals surface area contributed by atoms with Crippen LogP contribution >= 0.6 is 0 Å². The molecule has 0 amide bonds. The lowest BCUT2D eigenvalue weighted by molar-refractivity contribution is 0.436. The van der Waals surface area contributed by atoms with Gasteiger partial charge in [-0.05, 0) is 56.3 Å². The molecular weight excluding hydrogens is 659 g/mol. The molecular formula is C50H31N3O. The Balaban J connectivity index is 1.18. The molecule has 4 nitrogen and oxygen atoms in total. The van der Waals surface area contributed by atoms with Crippen LogP contribution in [0.25, 0.3) is 67.2 Å². The molecule has 0 saturated carbocycles. The van der Waals surface area contributed by atoms with E-state index in [2.05, 4.69) is 170 Å². The minimum absolute atomic E-state index is 0.588. The van der Waals surface area contributed by atoms with E-state index in [1.54, 1.807) is 0 Å². The van der Waals surface area contributed by atoms with Gasteiger partial charge in [0.25, 0.3) is 0 Å². The maximum atomic E-state index is 6.58. The molecule has 9 aromatic rings. The van der Waals surface area contributed by atoms with Gasteiger partial charge in [-0.25, -0.2) is 15.0 Å². The summed E-state index contributed by atoms with van der Waals surface area (Å²) >= 11 is 0. The van der Waals surface area contributed by atoms with Gasteiger partial charge < -0.3 is 4.74 Å². The molecule has 2 heterocycles. The van der Waals surface area contributed by atoms with Crippen LogP contribution in [0, 0.1) is 0 Å². The Kier molecular flexibility index (Phi) is 6.73. The molecule has 4 heteroatoms. The Morgan fingerprint density at radius 3 is 1.61 bits per heavy atom. The van der Waals surface area contributed by atoms with Crippen molar-refractivity contribution < 1.29 is 4.74 Å². The topological polar surface area (TPSA) is 47.9 Å². The summed E-state index contributed by atoms with van der Waals surface area (Å²) in [4.78, 5) is 15.8. The smallest absolute Gasteiger partial charge is 0.164 e. The van der Waals surface area contributed by atoms with Crippen molar-refractivity contribution >= 4 is 10.8 Å². The van der Waals surface area contributed by atoms with E-state index in [9.17, 15) is 0 Å². The average Bonchev–Trinajstić information content (AvgIpc) is 3.54. The number of aromatic nitrogens is 3. The Morgan fingerprint density at radius 1 is 0.333 bits per heavy atom. The zero-order chi connectivity index (χ0) is 35.6. The van der Waals surface area contributed by atoms with Crippen LogP contribution in [-0.4, -0.2) is 15.0 Å². The normalized spacial score (nSPS) is 13.1. The van der Waals surface area contributed by atoms with Gasteiger partial charge in [-0.15, -0.1) is 0 Å². The highest BCUT2D eigenvalue weighted by molar-refractivity contribution is 5.97. The van der Waals surface area contributed by atoms with Crippen LogP contribution in [0.1, 0.15) is 22.3 Å². The van der Waals surface area contributed by atoms with Gasteiger partial charge in [0, 0.05) is 27.8 Å². The van der Waals surface area contributed by atoms with E-state index in [1.165, 1.54) is 16.7 Å². The van der Waals surface area contributed by atoms with Crippen molar-refractivity contribution in [2.24, 2.45) is 0 Å². The summed E-state index contributed by atoms with van der Waals surface area (Å²) < 4.78 is 6.58.